The van der Waals surface area contributed by atoms with E-state index in [0.29, 0.717) is 26.1 Å². The molecule has 1 aliphatic heterocycles. The zero-order chi connectivity index (χ0) is 12.3. The lowest BCUT2D eigenvalue weighted by Crippen LogP contribution is -2.29. The molecule has 92 valence electrons. The molecule has 1 amide bonds. The second-order valence-corrected chi connectivity index (χ2v) is 4.06. The third-order valence-electron chi connectivity index (χ3n) is 2.80. The number of hydrogen-bond acceptors (Lipinski definition) is 3. The fourth-order valence-corrected chi connectivity index (χ4v) is 1.80. The van der Waals surface area contributed by atoms with Crippen LogP contribution in [0.2, 0.25) is 0 Å². The lowest BCUT2D eigenvalue weighted by atomic mass is 10.1. The maximum absolute atomic E-state index is 12.7. The molecule has 1 heterocycles. The first kappa shape index (κ1) is 11.9. The van der Waals surface area contributed by atoms with E-state index in [1.807, 2.05) is 0 Å². The number of nitrogens with two attached hydrogens (primary N) is 1. The van der Waals surface area contributed by atoms with Gasteiger partial charge >= 0.3 is 6.09 Å². The van der Waals surface area contributed by atoms with Crippen LogP contribution in [0.3, 0.4) is 0 Å². The van der Waals surface area contributed by atoms with Crippen LogP contribution in [-0.2, 0) is 11.2 Å². The summed E-state index contributed by atoms with van der Waals surface area (Å²) in [5.74, 6) is -0.252. The van der Waals surface area contributed by atoms with E-state index < -0.39 is 0 Å². The summed E-state index contributed by atoms with van der Waals surface area (Å²) in [6.07, 6.45) is 0.172. The predicted molar refractivity (Wildman–Crippen MR) is 61.0 cm³/mol. The number of benzene rings is 1. The van der Waals surface area contributed by atoms with E-state index in [4.69, 9.17) is 10.5 Å². The van der Waals surface area contributed by atoms with E-state index in [1.54, 1.807) is 17.0 Å². The van der Waals surface area contributed by atoms with Gasteiger partial charge in [-0.15, -0.1) is 0 Å². The molecule has 1 saturated heterocycles. The van der Waals surface area contributed by atoms with Gasteiger partial charge in [0.05, 0.1) is 6.54 Å². The average molecular weight is 238 g/mol. The van der Waals surface area contributed by atoms with Gasteiger partial charge in [-0.2, -0.15) is 0 Å². The lowest BCUT2D eigenvalue weighted by Gasteiger charge is -2.12. The van der Waals surface area contributed by atoms with E-state index >= 15 is 0 Å². The molecule has 2 rings (SSSR count). The van der Waals surface area contributed by atoms with Crippen molar-refractivity contribution in [3.63, 3.8) is 0 Å². The van der Waals surface area contributed by atoms with Crippen molar-refractivity contribution in [2.45, 2.75) is 12.5 Å². The molecule has 0 aliphatic carbocycles. The Hall–Kier alpha value is -1.62. The third-order valence-corrected chi connectivity index (χ3v) is 2.80. The number of nitrogens with zero attached hydrogens (tertiary/aromatic N) is 1. The summed E-state index contributed by atoms with van der Waals surface area (Å²) < 4.78 is 17.7. The second-order valence-electron chi connectivity index (χ2n) is 4.06. The molecule has 2 N–H and O–H groups in total. The van der Waals surface area contributed by atoms with Gasteiger partial charge in [0, 0.05) is 13.1 Å². The summed E-state index contributed by atoms with van der Waals surface area (Å²) in [4.78, 5) is 13.0. The largest absolute Gasteiger partial charge is 0.443 e. The molecule has 0 radical (unpaired) electrons. The predicted octanol–water partition coefficient (Wildman–Crippen LogP) is 1.15. The van der Waals surface area contributed by atoms with Crippen LogP contribution in [0.1, 0.15) is 5.56 Å². The lowest BCUT2D eigenvalue weighted by molar-refractivity contribution is 0.135. The fraction of sp³-hybridized carbons (Fsp3) is 0.417. The first-order valence-corrected chi connectivity index (χ1v) is 5.59. The van der Waals surface area contributed by atoms with Crippen molar-refractivity contribution in [3.05, 3.63) is 35.6 Å². The van der Waals surface area contributed by atoms with Crippen molar-refractivity contribution in [2.24, 2.45) is 5.73 Å². The summed E-state index contributed by atoms with van der Waals surface area (Å²) in [7, 11) is 0. The van der Waals surface area contributed by atoms with Crippen LogP contribution in [0.4, 0.5) is 9.18 Å². The normalized spacial score (nSPS) is 19.5. The standard InChI is InChI=1S/C12H15FN2O2/c13-10-3-1-9(2-4-10)5-6-15-8-11(7-14)17-12(15)16/h1-4,11H,5-8,14H2. The minimum Gasteiger partial charge on any atom is -0.443 e. The molecule has 0 bridgehead atoms. The van der Waals surface area contributed by atoms with E-state index in [9.17, 15) is 9.18 Å². The fourth-order valence-electron chi connectivity index (χ4n) is 1.80. The highest BCUT2D eigenvalue weighted by atomic mass is 19.1. The van der Waals surface area contributed by atoms with Gasteiger partial charge in [0.15, 0.2) is 0 Å². The van der Waals surface area contributed by atoms with Crippen molar-refractivity contribution >= 4 is 6.09 Å². The van der Waals surface area contributed by atoms with Gasteiger partial charge in [-0.25, -0.2) is 9.18 Å². The zero-order valence-corrected chi connectivity index (χ0v) is 9.43. The summed E-state index contributed by atoms with van der Waals surface area (Å²) in [6.45, 7) is 1.45. The van der Waals surface area contributed by atoms with Gasteiger partial charge < -0.3 is 15.4 Å². The van der Waals surface area contributed by atoms with Gasteiger partial charge in [0.1, 0.15) is 11.9 Å². The van der Waals surface area contributed by atoms with Crippen LogP contribution in [-0.4, -0.2) is 36.7 Å². The van der Waals surface area contributed by atoms with Crippen LogP contribution in [0.5, 0.6) is 0 Å². The van der Waals surface area contributed by atoms with Crippen LogP contribution in [0.15, 0.2) is 24.3 Å². The van der Waals surface area contributed by atoms with Crippen molar-refractivity contribution in [3.8, 4) is 0 Å². The average Bonchev–Trinajstić information content (AvgIpc) is 2.69. The number of amides is 1. The van der Waals surface area contributed by atoms with Crippen LogP contribution in [0, 0.1) is 5.82 Å². The molecule has 1 fully saturated rings. The maximum atomic E-state index is 12.7. The molecule has 1 aromatic rings. The number of ether oxygens (including phenoxy) is 1. The molecule has 1 aromatic carbocycles. The minimum atomic E-state index is -0.317. The highest BCUT2D eigenvalue weighted by Crippen LogP contribution is 2.12. The molecule has 17 heavy (non-hydrogen) atoms. The minimum absolute atomic E-state index is 0.198. The Morgan fingerprint density at radius 3 is 2.71 bits per heavy atom. The molecule has 1 atom stereocenters. The van der Waals surface area contributed by atoms with Crippen molar-refractivity contribution in [2.75, 3.05) is 19.6 Å². The van der Waals surface area contributed by atoms with E-state index in [-0.39, 0.29) is 18.0 Å². The molecule has 0 aromatic heterocycles. The Labute approximate surface area is 99.2 Å². The van der Waals surface area contributed by atoms with Gasteiger partial charge in [-0.05, 0) is 24.1 Å². The number of carbonyl (C=O) groups is 1. The van der Waals surface area contributed by atoms with Gasteiger partial charge in [-0.3, -0.25) is 0 Å². The second kappa shape index (κ2) is 5.14. The summed E-state index contributed by atoms with van der Waals surface area (Å²) in [5.41, 5.74) is 6.43. The monoisotopic (exact) mass is 238 g/mol. The van der Waals surface area contributed by atoms with Crippen molar-refractivity contribution in [1.29, 1.82) is 0 Å². The van der Waals surface area contributed by atoms with Gasteiger partial charge in [-0.1, -0.05) is 12.1 Å². The van der Waals surface area contributed by atoms with Gasteiger partial charge in [0.2, 0.25) is 0 Å². The van der Waals surface area contributed by atoms with E-state index in [1.165, 1.54) is 12.1 Å². The maximum Gasteiger partial charge on any atom is 0.410 e. The van der Waals surface area contributed by atoms with Crippen LogP contribution in [0.25, 0.3) is 0 Å². The van der Waals surface area contributed by atoms with Gasteiger partial charge in [0.25, 0.3) is 0 Å². The van der Waals surface area contributed by atoms with E-state index in [2.05, 4.69) is 0 Å². The topological polar surface area (TPSA) is 55.6 Å². The first-order valence-electron chi connectivity index (χ1n) is 5.59. The van der Waals surface area contributed by atoms with Crippen molar-refractivity contribution in [1.82, 2.24) is 4.90 Å². The quantitative estimate of drug-likeness (QED) is 0.856. The number of cyclic esters (lactones) is 1. The highest BCUT2D eigenvalue weighted by molar-refractivity contribution is 5.69. The number of halogens is 1. The highest BCUT2D eigenvalue weighted by Gasteiger charge is 2.29. The third kappa shape index (κ3) is 2.94. The van der Waals surface area contributed by atoms with Crippen molar-refractivity contribution < 1.29 is 13.9 Å². The number of rotatable bonds is 4. The molecule has 1 unspecified atom stereocenters. The summed E-state index contributed by atoms with van der Waals surface area (Å²) in [5, 5.41) is 0. The molecule has 5 heteroatoms. The Morgan fingerprint density at radius 1 is 1.41 bits per heavy atom. The Balaban J connectivity index is 1.86. The van der Waals surface area contributed by atoms with Crippen LogP contribution < -0.4 is 5.73 Å². The number of hydrogen-bond donors (Lipinski definition) is 1. The summed E-state index contributed by atoms with van der Waals surface area (Å²) >= 11 is 0. The molecular formula is C12H15FN2O2. The summed E-state index contributed by atoms with van der Waals surface area (Å²) in [6, 6.07) is 6.27. The SMILES string of the molecule is NCC1CN(CCc2ccc(F)cc2)C(=O)O1. The Morgan fingerprint density at radius 2 is 2.12 bits per heavy atom. The molecule has 0 spiro atoms. The zero-order valence-electron chi connectivity index (χ0n) is 9.43. The smallest absolute Gasteiger partial charge is 0.410 e. The molecular weight excluding hydrogens is 223 g/mol. The Kier molecular flexibility index (Phi) is 3.58. The molecule has 0 saturated carbocycles. The molecule has 4 nitrogen and oxygen atoms in total. The number of carbonyl (C=O) groups excluding carboxylic acids is 1. The van der Waals surface area contributed by atoms with Crippen LogP contribution >= 0.6 is 0 Å². The van der Waals surface area contributed by atoms with E-state index in [0.717, 1.165) is 5.56 Å². The Bertz CT molecular complexity index is 394. The molecule has 1 aliphatic rings. The first-order chi connectivity index (χ1) is 8.19.